The first-order chi connectivity index (χ1) is 17.2. The van der Waals surface area contributed by atoms with Crippen LogP contribution in [-0.4, -0.2) is 39.4 Å². The number of methoxy groups -OCH3 is 1. The number of benzene rings is 2. The highest BCUT2D eigenvalue weighted by Gasteiger charge is 2.26. The number of thioether (sulfide) groups is 1. The molecule has 0 saturated heterocycles. The van der Waals surface area contributed by atoms with Gasteiger partial charge in [-0.3, -0.25) is 9.59 Å². The van der Waals surface area contributed by atoms with Crippen LogP contribution in [0.4, 0.5) is 5.69 Å². The van der Waals surface area contributed by atoms with Crippen molar-refractivity contribution in [3.8, 4) is 5.75 Å². The van der Waals surface area contributed by atoms with Crippen LogP contribution in [0.2, 0.25) is 5.02 Å². The summed E-state index contributed by atoms with van der Waals surface area (Å²) >= 11 is 7.41. The van der Waals surface area contributed by atoms with Crippen LogP contribution in [0.25, 0.3) is 0 Å². The van der Waals surface area contributed by atoms with E-state index in [-0.39, 0.29) is 23.5 Å². The summed E-state index contributed by atoms with van der Waals surface area (Å²) in [5.41, 5.74) is 2.08. The van der Waals surface area contributed by atoms with Crippen molar-refractivity contribution in [1.82, 2.24) is 20.1 Å². The van der Waals surface area contributed by atoms with Gasteiger partial charge in [0.25, 0.3) is 5.91 Å². The number of allylic oxidation sites excluding steroid dienone is 1. The Balaban J connectivity index is 1.74. The lowest BCUT2D eigenvalue weighted by molar-refractivity contribution is -0.113. The van der Waals surface area contributed by atoms with Gasteiger partial charge >= 0.3 is 0 Å². The number of rotatable bonds is 11. The Hall–Kier alpha value is -3.30. The molecule has 8 nitrogen and oxygen atoms in total. The minimum Gasteiger partial charge on any atom is -0.497 e. The molecule has 190 valence electrons. The molecule has 10 heteroatoms. The van der Waals surface area contributed by atoms with Crippen LogP contribution < -0.4 is 15.4 Å². The maximum Gasteiger partial charge on any atom is 0.251 e. The molecule has 2 N–H and O–H groups in total. The molecule has 0 bridgehead atoms. The first kappa shape index (κ1) is 27.3. The van der Waals surface area contributed by atoms with E-state index < -0.39 is 6.04 Å². The van der Waals surface area contributed by atoms with Gasteiger partial charge in [0.05, 0.1) is 18.9 Å². The summed E-state index contributed by atoms with van der Waals surface area (Å²) < 4.78 is 7.03. The van der Waals surface area contributed by atoms with E-state index in [1.807, 2.05) is 31.4 Å². The minimum atomic E-state index is -0.398. The van der Waals surface area contributed by atoms with E-state index in [0.717, 1.165) is 5.56 Å². The summed E-state index contributed by atoms with van der Waals surface area (Å²) in [7, 11) is 1.58. The van der Waals surface area contributed by atoms with Crippen LogP contribution >= 0.6 is 23.4 Å². The number of nitrogens with zero attached hydrogens (tertiary/aromatic N) is 3. The highest BCUT2D eigenvalue weighted by Crippen LogP contribution is 2.26. The molecule has 1 aromatic heterocycles. The Labute approximate surface area is 220 Å². The van der Waals surface area contributed by atoms with E-state index in [4.69, 9.17) is 16.3 Å². The second-order valence-electron chi connectivity index (χ2n) is 8.46. The van der Waals surface area contributed by atoms with Crippen molar-refractivity contribution in [3.63, 3.8) is 0 Å². The lowest BCUT2D eigenvalue weighted by Gasteiger charge is -2.22. The first-order valence-electron chi connectivity index (χ1n) is 11.4. The molecule has 36 heavy (non-hydrogen) atoms. The number of hydrogen-bond donors (Lipinski definition) is 2. The molecule has 0 saturated carbocycles. The van der Waals surface area contributed by atoms with Crippen molar-refractivity contribution in [3.05, 3.63) is 77.1 Å². The standard InChI is InChI=1S/C26H30ClN5O3S/c1-6-13-32-24(23(16(2)3)29-25(34)18-8-11-20(35-5)12-9-18)30-31-26(32)36-15-22(33)28-19-10-7-17(4)21(27)14-19/h6-12,14,16,23H,1,13,15H2,2-5H3,(H,28,33)(H,29,34)/t23-/m1/s1. The fraction of sp³-hybridized carbons (Fsp3) is 0.308. The molecule has 0 unspecified atom stereocenters. The van der Waals surface area contributed by atoms with Gasteiger partial charge in [0.1, 0.15) is 5.75 Å². The molecule has 2 amide bonds. The van der Waals surface area contributed by atoms with Gasteiger partial charge in [-0.15, -0.1) is 16.8 Å². The Morgan fingerprint density at radius 1 is 1.19 bits per heavy atom. The predicted octanol–water partition coefficient (Wildman–Crippen LogP) is 5.29. The number of amides is 2. The van der Waals surface area contributed by atoms with Crippen LogP contribution in [-0.2, 0) is 11.3 Å². The third kappa shape index (κ3) is 6.89. The zero-order chi connectivity index (χ0) is 26.2. The summed E-state index contributed by atoms with van der Waals surface area (Å²) in [6, 6.07) is 11.9. The molecule has 1 atom stereocenters. The van der Waals surface area contributed by atoms with Crippen molar-refractivity contribution >= 4 is 40.9 Å². The number of anilines is 1. The van der Waals surface area contributed by atoms with E-state index in [1.54, 1.807) is 49.6 Å². The summed E-state index contributed by atoms with van der Waals surface area (Å²) in [4.78, 5) is 25.5. The van der Waals surface area contributed by atoms with Gasteiger partial charge in [0.15, 0.2) is 11.0 Å². The second-order valence-corrected chi connectivity index (χ2v) is 9.81. The molecule has 0 spiro atoms. The predicted molar refractivity (Wildman–Crippen MR) is 144 cm³/mol. The maximum atomic E-state index is 12.9. The zero-order valence-corrected chi connectivity index (χ0v) is 22.3. The number of halogens is 1. The average Bonchev–Trinajstić information content (AvgIpc) is 3.25. The molecule has 2 aromatic carbocycles. The van der Waals surface area contributed by atoms with Gasteiger partial charge in [0.2, 0.25) is 5.91 Å². The molecular formula is C26H30ClN5O3S. The van der Waals surface area contributed by atoms with Crippen molar-refractivity contribution in [2.45, 2.75) is 38.5 Å². The fourth-order valence-electron chi connectivity index (χ4n) is 3.43. The SMILES string of the molecule is C=CCn1c(SCC(=O)Nc2ccc(C)c(Cl)c2)nnc1[C@H](NC(=O)c1ccc(OC)cc1)C(C)C. The van der Waals surface area contributed by atoms with Crippen LogP contribution in [0.1, 0.15) is 41.6 Å². The number of carbonyl (C=O) groups excluding carboxylic acids is 2. The van der Waals surface area contributed by atoms with Crippen molar-refractivity contribution in [2.75, 3.05) is 18.2 Å². The van der Waals surface area contributed by atoms with Gasteiger partial charge < -0.3 is 19.9 Å². The minimum absolute atomic E-state index is 0.0346. The number of nitrogens with one attached hydrogen (secondary N) is 2. The lowest BCUT2D eigenvalue weighted by atomic mass is 10.0. The van der Waals surface area contributed by atoms with Gasteiger partial charge in [-0.2, -0.15) is 0 Å². The molecule has 3 aromatic rings. The van der Waals surface area contributed by atoms with Crippen molar-refractivity contribution in [2.24, 2.45) is 5.92 Å². The number of aromatic nitrogens is 3. The summed E-state index contributed by atoms with van der Waals surface area (Å²) in [5, 5.41) is 15.7. The second kappa shape index (κ2) is 12.6. The Bertz CT molecular complexity index is 1230. The Morgan fingerprint density at radius 2 is 1.92 bits per heavy atom. The monoisotopic (exact) mass is 527 g/mol. The van der Waals surface area contributed by atoms with Crippen LogP contribution in [0, 0.1) is 12.8 Å². The maximum absolute atomic E-state index is 12.9. The summed E-state index contributed by atoms with van der Waals surface area (Å²) in [6.07, 6.45) is 1.73. The topological polar surface area (TPSA) is 98.1 Å². The van der Waals surface area contributed by atoms with Gasteiger partial charge in [-0.05, 0) is 54.8 Å². The number of aryl methyl sites for hydroxylation is 1. The van der Waals surface area contributed by atoms with E-state index in [9.17, 15) is 9.59 Å². The van der Waals surface area contributed by atoms with E-state index in [2.05, 4.69) is 27.4 Å². The third-order valence-electron chi connectivity index (χ3n) is 5.43. The summed E-state index contributed by atoms with van der Waals surface area (Å²) in [5.74, 6) is 1.02. The van der Waals surface area contributed by atoms with Crippen molar-refractivity contribution in [1.29, 1.82) is 0 Å². The van der Waals surface area contributed by atoms with E-state index >= 15 is 0 Å². The molecule has 0 fully saturated rings. The number of carbonyl (C=O) groups is 2. The summed E-state index contributed by atoms with van der Waals surface area (Å²) in [6.45, 7) is 10.2. The number of ether oxygens (including phenoxy) is 1. The van der Waals surface area contributed by atoms with Crippen LogP contribution in [0.5, 0.6) is 5.75 Å². The van der Waals surface area contributed by atoms with Gasteiger partial charge in [0, 0.05) is 22.8 Å². The number of hydrogen-bond acceptors (Lipinski definition) is 6. The Kier molecular flexibility index (Phi) is 9.55. The molecule has 0 radical (unpaired) electrons. The van der Waals surface area contributed by atoms with Crippen molar-refractivity contribution < 1.29 is 14.3 Å². The smallest absolute Gasteiger partial charge is 0.251 e. The fourth-order valence-corrected chi connectivity index (χ4v) is 4.37. The highest BCUT2D eigenvalue weighted by molar-refractivity contribution is 7.99. The van der Waals surface area contributed by atoms with Gasteiger partial charge in [-0.25, -0.2) is 0 Å². The quantitative estimate of drug-likeness (QED) is 0.259. The van der Waals surface area contributed by atoms with E-state index in [0.29, 0.717) is 39.5 Å². The molecule has 0 aliphatic heterocycles. The van der Waals surface area contributed by atoms with E-state index in [1.165, 1.54) is 11.8 Å². The van der Waals surface area contributed by atoms with Crippen LogP contribution in [0.15, 0.2) is 60.3 Å². The van der Waals surface area contributed by atoms with Crippen LogP contribution in [0.3, 0.4) is 0 Å². The molecule has 0 aliphatic rings. The average molecular weight is 528 g/mol. The molecular weight excluding hydrogens is 498 g/mol. The lowest BCUT2D eigenvalue weighted by Crippen LogP contribution is -2.33. The van der Waals surface area contributed by atoms with Gasteiger partial charge in [-0.1, -0.05) is 49.4 Å². The largest absolute Gasteiger partial charge is 0.497 e. The molecule has 3 rings (SSSR count). The zero-order valence-electron chi connectivity index (χ0n) is 20.7. The molecule has 0 aliphatic carbocycles. The first-order valence-corrected chi connectivity index (χ1v) is 12.8. The Morgan fingerprint density at radius 3 is 2.53 bits per heavy atom. The third-order valence-corrected chi connectivity index (χ3v) is 6.80. The molecule has 1 heterocycles. The normalized spacial score (nSPS) is 11.7. The highest BCUT2D eigenvalue weighted by atomic mass is 35.5.